The third-order valence-corrected chi connectivity index (χ3v) is 1.98. The summed E-state index contributed by atoms with van der Waals surface area (Å²) in [4.78, 5) is 0. The SMILES string of the molecule is CC(=N)NCC(C)Oc1cccc(C)c1. The van der Waals surface area contributed by atoms with Crippen molar-refractivity contribution in [2.45, 2.75) is 26.9 Å². The molecule has 1 atom stereocenters. The molecule has 0 radical (unpaired) electrons. The first-order chi connectivity index (χ1) is 7.08. The predicted octanol–water partition coefficient (Wildman–Crippen LogP) is 2.35. The van der Waals surface area contributed by atoms with E-state index in [0.717, 1.165) is 5.75 Å². The number of hydrogen-bond acceptors (Lipinski definition) is 2. The van der Waals surface area contributed by atoms with Gasteiger partial charge < -0.3 is 10.1 Å². The van der Waals surface area contributed by atoms with Crippen LogP contribution in [0.15, 0.2) is 24.3 Å². The first-order valence-electron chi connectivity index (χ1n) is 5.10. The van der Waals surface area contributed by atoms with Crippen LogP contribution in [0.3, 0.4) is 0 Å². The van der Waals surface area contributed by atoms with E-state index >= 15 is 0 Å². The van der Waals surface area contributed by atoms with Gasteiger partial charge in [-0.25, -0.2) is 0 Å². The molecule has 0 aromatic heterocycles. The van der Waals surface area contributed by atoms with Crippen molar-refractivity contribution in [2.24, 2.45) is 0 Å². The average molecular weight is 206 g/mol. The molecule has 3 nitrogen and oxygen atoms in total. The maximum atomic E-state index is 7.23. The van der Waals surface area contributed by atoms with Crippen LogP contribution in [-0.2, 0) is 0 Å². The monoisotopic (exact) mass is 206 g/mol. The zero-order valence-corrected chi connectivity index (χ0v) is 9.50. The first kappa shape index (κ1) is 11.6. The molecule has 0 saturated carbocycles. The number of benzene rings is 1. The van der Waals surface area contributed by atoms with Crippen LogP contribution in [0.4, 0.5) is 0 Å². The average Bonchev–Trinajstić information content (AvgIpc) is 2.15. The van der Waals surface area contributed by atoms with E-state index in [2.05, 4.69) is 5.32 Å². The van der Waals surface area contributed by atoms with Gasteiger partial charge in [0.2, 0.25) is 0 Å². The molecule has 0 saturated heterocycles. The van der Waals surface area contributed by atoms with E-state index in [1.807, 2.05) is 38.1 Å². The molecule has 1 unspecified atom stereocenters. The van der Waals surface area contributed by atoms with Crippen LogP contribution in [0.5, 0.6) is 5.75 Å². The molecule has 0 aliphatic carbocycles. The summed E-state index contributed by atoms with van der Waals surface area (Å²) in [5, 5.41) is 10.2. The molecule has 82 valence electrons. The lowest BCUT2D eigenvalue weighted by Crippen LogP contribution is -2.31. The minimum atomic E-state index is 0.0621. The lowest BCUT2D eigenvalue weighted by atomic mass is 10.2. The molecule has 0 heterocycles. The van der Waals surface area contributed by atoms with Crippen molar-refractivity contribution in [3.05, 3.63) is 29.8 Å². The molecule has 1 aromatic carbocycles. The third kappa shape index (κ3) is 4.49. The zero-order valence-electron chi connectivity index (χ0n) is 9.50. The van der Waals surface area contributed by atoms with Crippen molar-refractivity contribution in [2.75, 3.05) is 6.54 Å². The van der Waals surface area contributed by atoms with Gasteiger partial charge in [0.25, 0.3) is 0 Å². The number of ether oxygens (including phenoxy) is 1. The minimum absolute atomic E-state index is 0.0621. The second-order valence-corrected chi connectivity index (χ2v) is 3.75. The summed E-state index contributed by atoms with van der Waals surface area (Å²) in [6.07, 6.45) is 0.0621. The Balaban J connectivity index is 2.44. The van der Waals surface area contributed by atoms with Gasteiger partial charge in [0.05, 0.1) is 12.4 Å². The minimum Gasteiger partial charge on any atom is -0.489 e. The number of hydrogen-bond donors (Lipinski definition) is 2. The molecule has 0 bridgehead atoms. The van der Waals surface area contributed by atoms with Gasteiger partial charge in [0.1, 0.15) is 11.9 Å². The Morgan fingerprint density at radius 2 is 2.27 bits per heavy atom. The smallest absolute Gasteiger partial charge is 0.120 e. The van der Waals surface area contributed by atoms with Crippen LogP contribution in [-0.4, -0.2) is 18.5 Å². The van der Waals surface area contributed by atoms with Gasteiger partial charge in [-0.1, -0.05) is 12.1 Å². The van der Waals surface area contributed by atoms with E-state index < -0.39 is 0 Å². The molecule has 1 rings (SSSR count). The van der Waals surface area contributed by atoms with Gasteiger partial charge in [-0.15, -0.1) is 0 Å². The van der Waals surface area contributed by atoms with E-state index in [1.165, 1.54) is 5.56 Å². The Hall–Kier alpha value is -1.51. The molecule has 0 amide bonds. The fourth-order valence-electron chi connectivity index (χ4n) is 1.26. The van der Waals surface area contributed by atoms with Crippen molar-refractivity contribution in [1.29, 1.82) is 5.41 Å². The summed E-state index contributed by atoms with van der Waals surface area (Å²) in [6, 6.07) is 7.97. The fraction of sp³-hybridized carbons (Fsp3) is 0.417. The fourth-order valence-corrected chi connectivity index (χ4v) is 1.26. The Labute approximate surface area is 91.0 Å². The molecule has 0 aliphatic heterocycles. The van der Waals surface area contributed by atoms with Crippen LogP contribution in [0.25, 0.3) is 0 Å². The van der Waals surface area contributed by atoms with Gasteiger partial charge in [0.15, 0.2) is 0 Å². The van der Waals surface area contributed by atoms with E-state index in [-0.39, 0.29) is 6.10 Å². The lowest BCUT2D eigenvalue weighted by molar-refractivity contribution is 0.224. The molecule has 15 heavy (non-hydrogen) atoms. The molecule has 3 heteroatoms. The van der Waals surface area contributed by atoms with E-state index in [1.54, 1.807) is 6.92 Å². The highest BCUT2D eigenvalue weighted by atomic mass is 16.5. The van der Waals surface area contributed by atoms with E-state index in [4.69, 9.17) is 10.1 Å². The van der Waals surface area contributed by atoms with Gasteiger partial charge >= 0.3 is 0 Å². The van der Waals surface area contributed by atoms with Crippen LogP contribution >= 0.6 is 0 Å². The molecular weight excluding hydrogens is 188 g/mol. The largest absolute Gasteiger partial charge is 0.489 e. The van der Waals surface area contributed by atoms with Crippen LogP contribution in [0.1, 0.15) is 19.4 Å². The summed E-state index contributed by atoms with van der Waals surface area (Å²) in [7, 11) is 0. The second kappa shape index (κ2) is 5.39. The normalized spacial score (nSPS) is 11.9. The van der Waals surface area contributed by atoms with Crippen LogP contribution in [0, 0.1) is 12.3 Å². The zero-order chi connectivity index (χ0) is 11.3. The Morgan fingerprint density at radius 1 is 1.53 bits per heavy atom. The number of rotatable bonds is 4. The second-order valence-electron chi connectivity index (χ2n) is 3.75. The molecule has 1 aromatic rings. The highest BCUT2D eigenvalue weighted by molar-refractivity contribution is 5.75. The highest BCUT2D eigenvalue weighted by Crippen LogP contribution is 2.13. The standard InChI is InChI=1S/C12H18N2O/c1-9-5-4-6-12(7-9)15-10(2)8-14-11(3)13/h4-7,10H,8H2,1-3H3,(H2,13,14). The topological polar surface area (TPSA) is 45.1 Å². The Bertz CT molecular complexity index is 336. The summed E-state index contributed by atoms with van der Waals surface area (Å²) in [6.45, 7) is 6.40. The van der Waals surface area contributed by atoms with Crippen molar-refractivity contribution in [3.8, 4) is 5.75 Å². The molecule has 0 spiro atoms. The summed E-state index contributed by atoms with van der Waals surface area (Å²) >= 11 is 0. The Morgan fingerprint density at radius 3 is 2.87 bits per heavy atom. The number of amidine groups is 1. The van der Waals surface area contributed by atoms with Crippen molar-refractivity contribution in [3.63, 3.8) is 0 Å². The molecule has 0 fully saturated rings. The Kier molecular flexibility index (Phi) is 4.16. The maximum Gasteiger partial charge on any atom is 0.120 e. The number of nitrogens with one attached hydrogen (secondary N) is 2. The van der Waals surface area contributed by atoms with Crippen molar-refractivity contribution >= 4 is 5.84 Å². The van der Waals surface area contributed by atoms with Crippen LogP contribution < -0.4 is 10.1 Å². The van der Waals surface area contributed by atoms with Gasteiger partial charge in [-0.2, -0.15) is 0 Å². The van der Waals surface area contributed by atoms with E-state index in [0.29, 0.717) is 12.4 Å². The molecule has 2 N–H and O–H groups in total. The summed E-state index contributed by atoms with van der Waals surface area (Å²) < 4.78 is 5.69. The molecule has 0 aliphatic rings. The number of aryl methyl sites for hydroxylation is 1. The van der Waals surface area contributed by atoms with Crippen molar-refractivity contribution in [1.82, 2.24) is 5.32 Å². The molecular formula is C12H18N2O. The van der Waals surface area contributed by atoms with Gasteiger partial charge in [-0.05, 0) is 38.5 Å². The van der Waals surface area contributed by atoms with Crippen LogP contribution in [0.2, 0.25) is 0 Å². The van der Waals surface area contributed by atoms with Crippen molar-refractivity contribution < 1.29 is 4.74 Å². The summed E-state index contributed by atoms with van der Waals surface area (Å²) in [5.74, 6) is 1.35. The quantitative estimate of drug-likeness (QED) is 0.586. The highest BCUT2D eigenvalue weighted by Gasteiger charge is 2.03. The van der Waals surface area contributed by atoms with Gasteiger partial charge in [-0.3, -0.25) is 5.41 Å². The third-order valence-electron chi connectivity index (χ3n) is 1.98. The predicted molar refractivity (Wildman–Crippen MR) is 62.7 cm³/mol. The lowest BCUT2D eigenvalue weighted by Gasteiger charge is -2.15. The first-order valence-corrected chi connectivity index (χ1v) is 5.10. The summed E-state index contributed by atoms with van der Waals surface area (Å²) in [5.41, 5.74) is 1.19. The van der Waals surface area contributed by atoms with E-state index in [9.17, 15) is 0 Å². The van der Waals surface area contributed by atoms with Gasteiger partial charge in [0, 0.05) is 0 Å². The maximum absolute atomic E-state index is 7.23.